The van der Waals surface area contributed by atoms with Crippen molar-refractivity contribution in [1.82, 2.24) is 4.90 Å². The van der Waals surface area contributed by atoms with Gasteiger partial charge in [-0.2, -0.15) is 0 Å². The van der Waals surface area contributed by atoms with Gasteiger partial charge < -0.3 is 16.4 Å². The molecule has 0 radical (unpaired) electrons. The van der Waals surface area contributed by atoms with Crippen molar-refractivity contribution in [2.45, 2.75) is 38.6 Å². The molecule has 0 unspecified atom stereocenters. The van der Waals surface area contributed by atoms with E-state index in [9.17, 15) is 9.59 Å². The van der Waals surface area contributed by atoms with Gasteiger partial charge in [-0.25, -0.2) is 0 Å². The van der Waals surface area contributed by atoms with Crippen molar-refractivity contribution in [3.63, 3.8) is 0 Å². The first-order valence-electron chi connectivity index (χ1n) is 5.90. The molecule has 1 rings (SSSR count). The first-order valence-corrected chi connectivity index (χ1v) is 5.90. The maximum absolute atomic E-state index is 11.8. The molecule has 0 aromatic carbocycles. The van der Waals surface area contributed by atoms with Crippen molar-refractivity contribution in [3.05, 3.63) is 0 Å². The van der Waals surface area contributed by atoms with E-state index in [0.29, 0.717) is 32.4 Å². The van der Waals surface area contributed by atoms with E-state index in [1.54, 1.807) is 4.90 Å². The molecule has 4 N–H and O–H groups in total. The SMILES string of the molecule is CCC[C@H](N)C(=O)N1CCC(C(N)=O)CC1. The smallest absolute Gasteiger partial charge is 0.239 e. The minimum atomic E-state index is -0.393. The summed E-state index contributed by atoms with van der Waals surface area (Å²) >= 11 is 0. The highest BCUT2D eigenvalue weighted by atomic mass is 16.2. The molecule has 1 heterocycles. The predicted molar refractivity (Wildman–Crippen MR) is 61.4 cm³/mol. The molecule has 0 aromatic rings. The van der Waals surface area contributed by atoms with Crippen molar-refractivity contribution in [2.24, 2.45) is 17.4 Å². The fraction of sp³-hybridized carbons (Fsp3) is 0.818. The number of primary amides is 1. The zero-order chi connectivity index (χ0) is 12.1. The summed E-state index contributed by atoms with van der Waals surface area (Å²) in [5.74, 6) is -0.332. The lowest BCUT2D eigenvalue weighted by atomic mass is 9.95. The second-order valence-electron chi connectivity index (χ2n) is 4.40. The molecule has 1 aliphatic heterocycles. The number of amides is 2. The van der Waals surface area contributed by atoms with E-state index < -0.39 is 6.04 Å². The molecule has 0 spiro atoms. The largest absolute Gasteiger partial charge is 0.369 e. The summed E-state index contributed by atoms with van der Waals surface area (Å²) in [7, 11) is 0. The van der Waals surface area contributed by atoms with Crippen LogP contribution in [-0.2, 0) is 9.59 Å². The maximum atomic E-state index is 11.8. The Morgan fingerprint density at radius 2 is 1.94 bits per heavy atom. The van der Waals surface area contributed by atoms with Gasteiger partial charge in [0.05, 0.1) is 6.04 Å². The fourth-order valence-electron chi connectivity index (χ4n) is 2.05. The quantitative estimate of drug-likeness (QED) is 0.699. The average Bonchev–Trinajstić information content (AvgIpc) is 2.28. The third-order valence-corrected chi connectivity index (χ3v) is 3.13. The minimum Gasteiger partial charge on any atom is -0.369 e. The van der Waals surface area contributed by atoms with E-state index in [1.807, 2.05) is 6.92 Å². The lowest BCUT2D eigenvalue weighted by Gasteiger charge is -2.32. The van der Waals surface area contributed by atoms with Gasteiger partial charge in [-0.05, 0) is 19.3 Å². The van der Waals surface area contributed by atoms with E-state index in [4.69, 9.17) is 11.5 Å². The lowest BCUT2D eigenvalue weighted by Crippen LogP contribution is -2.48. The van der Waals surface area contributed by atoms with Crippen LogP contribution in [0.15, 0.2) is 0 Å². The molecule has 1 aliphatic rings. The number of hydrogen-bond acceptors (Lipinski definition) is 3. The molecular weight excluding hydrogens is 206 g/mol. The highest BCUT2D eigenvalue weighted by Gasteiger charge is 2.27. The van der Waals surface area contributed by atoms with Crippen LogP contribution in [0.3, 0.4) is 0 Å². The molecule has 92 valence electrons. The number of likely N-dealkylation sites (tertiary alicyclic amines) is 1. The van der Waals surface area contributed by atoms with E-state index in [1.165, 1.54) is 0 Å². The number of carbonyl (C=O) groups is 2. The Morgan fingerprint density at radius 1 is 1.38 bits per heavy atom. The Morgan fingerprint density at radius 3 is 2.38 bits per heavy atom. The first-order chi connectivity index (χ1) is 7.56. The van der Waals surface area contributed by atoms with Crippen LogP contribution in [0.5, 0.6) is 0 Å². The molecule has 0 aromatic heterocycles. The van der Waals surface area contributed by atoms with Crippen molar-refractivity contribution < 1.29 is 9.59 Å². The number of nitrogens with zero attached hydrogens (tertiary/aromatic N) is 1. The molecular formula is C11H21N3O2. The predicted octanol–water partition coefficient (Wildman–Crippen LogP) is -0.162. The van der Waals surface area contributed by atoms with Gasteiger partial charge in [0, 0.05) is 19.0 Å². The summed E-state index contributed by atoms with van der Waals surface area (Å²) in [6, 6.07) is -0.393. The standard InChI is InChI=1S/C11H21N3O2/c1-2-3-9(12)11(16)14-6-4-8(5-7-14)10(13)15/h8-9H,2-7,12H2,1H3,(H2,13,15)/t9-/m0/s1. The van der Waals surface area contributed by atoms with Crippen molar-refractivity contribution in [3.8, 4) is 0 Å². The molecule has 5 nitrogen and oxygen atoms in total. The van der Waals surface area contributed by atoms with E-state index >= 15 is 0 Å². The molecule has 0 bridgehead atoms. The summed E-state index contributed by atoms with van der Waals surface area (Å²) in [6.45, 7) is 3.21. The zero-order valence-corrected chi connectivity index (χ0v) is 9.82. The molecule has 1 atom stereocenters. The van der Waals surface area contributed by atoms with Crippen LogP contribution in [0.1, 0.15) is 32.6 Å². The van der Waals surface area contributed by atoms with Crippen LogP contribution in [0.2, 0.25) is 0 Å². The van der Waals surface area contributed by atoms with Crippen molar-refractivity contribution >= 4 is 11.8 Å². The topological polar surface area (TPSA) is 89.4 Å². The van der Waals surface area contributed by atoms with E-state index in [-0.39, 0.29) is 17.7 Å². The number of carbonyl (C=O) groups excluding carboxylic acids is 2. The zero-order valence-electron chi connectivity index (χ0n) is 9.82. The van der Waals surface area contributed by atoms with Gasteiger partial charge in [-0.3, -0.25) is 9.59 Å². The molecule has 1 fully saturated rings. The molecule has 1 saturated heterocycles. The maximum Gasteiger partial charge on any atom is 0.239 e. The normalized spacial score (nSPS) is 19.5. The van der Waals surface area contributed by atoms with Gasteiger partial charge in [-0.15, -0.1) is 0 Å². The Kier molecular flexibility index (Phi) is 4.73. The Hall–Kier alpha value is -1.10. The fourth-order valence-corrected chi connectivity index (χ4v) is 2.05. The van der Waals surface area contributed by atoms with Gasteiger partial charge in [0.1, 0.15) is 0 Å². The summed E-state index contributed by atoms with van der Waals surface area (Å²) < 4.78 is 0. The summed E-state index contributed by atoms with van der Waals surface area (Å²) in [5.41, 5.74) is 11.0. The molecule has 16 heavy (non-hydrogen) atoms. The van der Waals surface area contributed by atoms with Crippen LogP contribution < -0.4 is 11.5 Å². The minimum absolute atomic E-state index is 0.00442. The van der Waals surface area contributed by atoms with Crippen molar-refractivity contribution in [2.75, 3.05) is 13.1 Å². The third-order valence-electron chi connectivity index (χ3n) is 3.13. The first kappa shape index (κ1) is 13.0. The Labute approximate surface area is 96.1 Å². The Bertz CT molecular complexity index is 260. The number of rotatable bonds is 4. The third kappa shape index (κ3) is 3.20. The monoisotopic (exact) mass is 227 g/mol. The van der Waals surface area contributed by atoms with Gasteiger partial charge >= 0.3 is 0 Å². The van der Waals surface area contributed by atoms with Crippen LogP contribution in [0.4, 0.5) is 0 Å². The second-order valence-corrected chi connectivity index (χ2v) is 4.40. The molecule has 0 aliphatic carbocycles. The average molecular weight is 227 g/mol. The van der Waals surface area contributed by atoms with Crippen LogP contribution in [0, 0.1) is 5.92 Å². The van der Waals surface area contributed by atoms with Crippen molar-refractivity contribution in [1.29, 1.82) is 0 Å². The van der Waals surface area contributed by atoms with Gasteiger partial charge in [0.15, 0.2) is 0 Å². The highest BCUT2D eigenvalue weighted by Crippen LogP contribution is 2.17. The summed E-state index contributed by atoms with van der Waals surface area (Å²) in [6.07, 6.45) is 2.96. The number of hydrogen-bond donors (Lipinski definition) is 2. The van der Waals surface area contributed by atoms with Gasteiger partial charge in [-0.1, -0.05) is 13.3 Å². The molecule has 0 saturated carbocycles. The van der Waals surface area contributed by atoms with E-state index in [0.717, 1.165) is 6.42 Å². The van der Waals surface area contributed by atoms with Crippen LogP contribution in [-0.4, -0.2) is 35.8 Å². The molecule has 2 amide bonds. The Balaban J connectivity index is 2.41. The molecule has 5 heteroatoms. The van der Waals surface area contributed by atoms with Crippen LogP contribution in [0.25, 0.3) is 0 Å². The summed E-state index contributed by atoms with van der Waals surface area (Å²) in [4.78, 5) is 24.6. The number of piperidine rings is 1. The highest BCUT2D eigenvalue weighted by molar-refractivity contribution is 5.82. The van der Waals surface area contributed by atoms with Gasteiger partial charge in [0.25, 0.3) is 0 Å². The second kappa shape index (κ2) is 5.84. The summed E-state index contributed by atoms with van der Waals surface area (Å²) in [5, 5.41) is 0. The van der Waals surface area contributed by atoms with E-state index in [2.05, 4.69) is 0 Å². The number of nitrogens with two attached hydrogens (primary N) is 2. The van der Waals surface area contributed by atoms with Gasteiger partial charge in [0.2, 0.25) is 11.8 Å². The van der Waals surface area contributed by atoms with Crippen LogP contribution >= 0.6 is 0 Å². The lowest BCUT2D eigenvalue weighted by molar-refractivity contribution is -0.136.